The van der Waals surface area contributed by atoms with Crippen LogP contribution in [0.15, 0.2) is 11.6 Å². The van der Waals surface area contributed by atoms with E-state index in [4.69, 9.17) is 5.11 Å². The van der Waals surface area contributed by atoms with Crippen LogP contribution in [0.3, 0.4) is 0 Å². The zero-order valence-electron chi connectivity index (χ0n) is 7.27. The minimum atomic E-state index is -1.20. The van der Waals surface area contributed by atoms with E-state index in [2.05, 4.69) is 5.32 Å². The lowest BCUT2D eigenvalue weighted by Crippen LogP contribution is -2.42. The summed E-state index contributed by atoms with van der Waals surface area (Å²) in [5, 5.41) is 30.0. The van der Waals surface area contributed by atoms with Crippen LogP contribution in [-0.2, 0) is 4.79 Å². The van der Waals surface area contributed by atoms with E-state index < -0.39 is 18.3 Å². The SMILES string of the molecule is CNC(=O)C1=C[C@@H](O)[C@@H](O)[C@H](O)C1. The Labute approximate surface area is 75.7 Å². The lowest BCUT2D eigenvalue weighted by atomic mass is 9.92. The lowest BCUT2D eigenvalue weighted by molar-refractivity contribution is -0.118. The summed E-state index contributed by atoms with van der Waals surface area (Å²) in [5.74, 6) is -0.343. The van der Waals surface area contributed by atoms with Crippen LogP contribution in [0.2, 0.25) is 0 Å². The molecule has 0 bridgehead atoms. The van der Waals surface area contributed by atoms with Crippen LogP contribution in [0.25, 0.3) is 0 Å². The average Bonchev–Trinajstić information content (AvgIpc) is 2.12. The number of nitrogens with one attached hydrogen (secondary N) is 1. The standard InChI is InChI=1S/C8H13NO4/c1-9-8(13)4-2-5(10)7(12)6(11)3-4/h2,5-7,10-12H,3H2,1H3,(H,9,13)/t5-,6-,7-/m1/s1. The van der Waals surface area contributed by atoms with E-state index in [0.29, 0.717) is 5.57 Å². The number of likely N-dealkylation sites (N-methyl/N-ethyl adjacent to an activating group) is 1. The fraction of sp³-hybridized carbons (Fsp3) is 0.625. The summed E-state index contributed by atoms with van der Waals surface area (Å²) < 4.78 is 0. The second-order valence-electron chi connectivity index (χ2n) is 3.02. The van der Waals surface area contributed by atoms with Crippen molar-refractivity contribution in [2.75, 3.05) is 7.05 Å². The number of hydrogen-bond donors (Lipinski definition) is 4. The van der Waals surface area contributed by atoms with Crippen molar-refractivity contribution in [1.82, 2.24) is 5.32 Å². The predicted octanol–water partition coefficient (Wildman–Crippen LogP) is -1.85. The quantitative estimate of drug-likeness (QED) is 0.388. The van der Waals surface area contributed by atoms with Gasteiger partial charge in [0.2, 0.25) is 5.91 Å². The second-order valence-corrected chi connectivity index (χ2v) is 3.02. The fourth-order valence-electron chi connectivity index (χ4n) is 1.28. The van der Waals surface area contributed by atoms with Crippen molar-refractivity contribution < 1.29 is 20.1 Å². The van der Waals surface area contributed by atoms with Gasteiger partial charge in [0.25, 0.3) is 0 Å². The van der Waals surface area contributed by atoms with Gasteiger partial charge in [-0.05, 0) is 6.08 Å². The Kier molecular flexibility index (Phi) is 3.02. The maximum absolute atomic E-state index is 11.1. The molecule has 0 unspecified atom stereocenters. The molecule has 74 valence electrons. The summed E-state index contributed by atoms with van der Waals surface area (Å²) in [5.41, 5.74) is 0.299. The molecule has 0 aromatic carbocycles. The molecular weight excluding hydrogens is 174 g/mol. The molecule has 0 saturated heterocycles. The van der Waals surface area contributed by atoms with Crippen LogP contribution < -0.4 is 5.32 Å². The van der Waals surface area contributed by atoms with Gasteiger partial charge in [-0.2, -0.15) is 0 Å². The highest BCUT2D eigenvalue weighted by Gasteiger charge is 2.30. The van der Waals surface area contributed by atoms with Crippen LogP contribution in [0.4, 0.5) is 0 Å². The first-order valence-corrected chi connectivity index (χ1v) is 4.03. The largest absolute Gasteiger partial charge is 0.390 e. The molecule has 1 amide bonds. The van der Waals surface area contributed by atoms with Gasteiger partial charge in [0.1, 0.15) is 12.2 Å². The summed E-state index contributed by atoms with van der Waals surface area (Å²) in [7, 11) is 1.47. The molecule has 5 nitrogen and oxygen atoms in total. The smallest absolute Gasteiger partial charge is 0.246 e. The average molecular weight is 187 g/mol. The van der Waals surface area contributed by atoms with Crippen LogP contribution in [-0.4, -0.2) is 46.6 Å². The zero-order chi connectivity index (χ0) is 10.0. The normalized spacial score (nSPS) is 33.8. The third-order valence-corrected chi connectivity index (χ3v) is 2.06. The van der Waals surface area contributed by atoms with Gasteiger partial charge in [0.15, 0.2) is 0 Å². The van der Waals surface area contributed by atoms with E-state index >= 15 is 0 Å². The lowest BCUT2D eigenvalue weighted by Gasteiger charge is -2.26. The van der Waals surface area contributed by atoms with E-state index in [1.54, 1.807) is 0 Å². The maximum Gasteiger partial charge on any atom is 0.246 e. The molecule has 0 saturated carbocycles. The first-order chi connectivity index (χ1) is 6.06. The Bertz CT molecular complexity index is 238. The third kappa shape index (κ3) is 2.06. The van der Waals surface area contributed by atoms with Crippen molar-refractivity contribution in [1.29, 1.82) is 0 Å². The van der Waals surface area contributed by atoms with E-state index in [9.17, 15) is 15.0 Å². The van der Waals surface area contributed by atoms with E-state index in [-0.39, 0.29) is 12.3 Å². The summed E-state index contributed by atoms with van der Waals surface area (Å²) in [6, 6.07) is 0. The highest BCUT2D eigenvalue weighted by atomic mass is 16.4. The molecule has 1 aliphatic carbocycles. The van der Waals surface area contributed by atoms with Crippen molar-refractivity contribution >= 4 is 5.91 Å². The van der Waals surface area contributed by atoms with Gasteiger partial charge in [-0.15, -0.1) is 0 Å². The molecule has 4 N–H and O–H groups in total. The van der Waals surface area contributed by atoms with Gasteiger partial charge < -0.3 is 20.6 Å². The van der Waals surface area contributed by atoms with E-state index in [1.807, 2.05) is 0 Å². The summed E-state index contributed by atoms with van der Waals surface area (Å²) in [6.45, 7) is 0. The maximum atomic E-state index is 11.1. The summed E-state index contributed by atoms with van der Waals surface area (Å²) >= 11 is 0. The van der Waals surface area contributed by atoms with Crippen molar-refractivity contribution in [3.63, 3.8) is 0 Å². The Hall–Kier alpha value is -0.910. The number of aliphatic hydroxyl groups excluding tert-OH is 3. The van der Waals surface area contributed by atoms with Crippen molar-refractivity contribution in [3.8, 4) is 0 Å². The molecule has 1 aliphatic rings. The number of rotatable bonds is 1. The number of amides is 1. The van der Waals surface area contributed by atoms with Crippen molar-refractivity contribution in [3.05, 3.63) is 11.6 Å². The highest BCUT2D eigenvalue weighted by Crippen LogP contribution is 2.19. The Morgan fingerprint density at radius 3 is 2.62 bits per heavy atom. The zero-order valence-corrected chi connectivity index (χ0v) is 7.27. The fourth-order valence-corrected chi connectivity index (χ4v) is 1.28. The first kappa shape index (κ1) is 10.2. The van der Waals surface area contributed by atoms with E-state index in [0.717, 1.165) is 0 Å². The van der Waals surface area contributed by atoms with Gasteiger partial charge in [-0.25, -0.2) is 0 Å². The molecule has 0 aromatic heterocycles. The molecule has 0 spiro atoms. The van der Waals surface area contributed by atoms with Gasteiger partial charge in [-0.3, -0.25) is 4.79 Å². The molecule has 5 heteroatoms. The van der Waals surface area contributed by atoms with Gasteiger partial charge in [0.05, 0.1) is 6.10 Å². The predicted molar refractivity (Wildman–Crippen MR) is 44.8 cm³/mol. The molecule has 0 radical (unpaired) electrons. The third-order valence-electron chi connectivity index (χ3n) is 2.06. The van der Waals surface area contributed by atoms with E-state index in [1.165, 1.54) is 13.1 Å². The van der Waals surface area contributed by atoms with Crippen LogP contribution in [0.5, 0.6) is 0 Å². The molecule has 0 aliphatic heterocycles. The molecular formula is C8H13NO4. The number of aliphatic hydroxyl groups is 3. The van der Waals surface area contributed by atoms with Crippen molar-refractivity contribution in [2.24, 2.45) is 0 Å². The molecule has 0 heterocycles. The first-order valence-electron chi connectivity index (χ1n) is 4.03. The van der Waals surface area contributed by atoms with Gasteiger partial charge in [-0.1, -0.05) is 0 Å². The minimum absolute atomic E-state index is 0.0674. The molecule has 1 rings (SSSR count). The van der Waals surface area contributed by atoms with Crippen LogP contribution in [0.1, 0.15) is 6.42 Å². The number of carbonyl (C=O) groups excluding carboxylic acids is 1. The molecule has 0 fully saturated rings. The van der Waals surface area contributed by atoms with Crippen LogP contribution >= 0.6 is 0 Å². The molecule has 3 atom stereocenters. The highest BCUT2D eigenvalue weighted by molar-refractivity contribution is 5.93. The number of hydrogen-bond acceptors (Lipinski definition) is 4. The Balaban J connectivity index is 2.78. The summed E-state index contributed by atoms with van der Waals surface area (Å²) in [4.78, 5) is 11.1. The molecule has 13 heavy (non-hydrogen) atoms. The van der Waals surface area contributed by atoms with Crippen molar-refractivity contribution in [2.45, 2.75) is 24.7 Å². The monoisotopic (exact) mass is 187 g/mol. The topological polar surface area (TPSA) is 89.8 Å². The Morgan fingerprint density at radius 1 is 1.54 bits per heavy atom. The van der Waals surface area contributed by atoms with Gasteiger partial charge in [0, 0.05) is 19.0 Å². The second kappa shape index (κ2) is 3.87. The van der Waals surface area contributed by atoms with Gasteiger partial charge >= 0.3 is 0 Å². The Morgan fingerprint density at radius 2 is 2.15 bits per heavy atom. The number of carbonyl (C=O) groups is 1. The minimum Gasteiger partial charge on any atom is -0.390 e. The molecule has 0 aromatic rings. The van der Waals surface area contributed by atoms with Crippen LogP contribution in [0, 0.1) is 0 Å². The summed E-state index contributed by atoms with van der Waals surface area (Å²) in [6.07, 6.45) is -2.12.